The van der Waals surface area contributed by atoms with Crippen LogP contribution >= 0.6 is 0 Å². The maximum atomic E-state index is 13.0. The largest absolute Gasteiger partial charge is 0.320 e. The predicted octanol–water partition coefficient (Wildman–Crippen LogP) is 4.39. The molecule has 0 unspecified atom stereocenters. The third kappa shape index (κ3) is 3.35. The highest BCUT2D eigenvalue weighted by Crippen LogP contribution is 2.24. The molecule has 0 aliphatic rings. The van der Waals surface area contributed by atoms with Gasteiger partial charge in [-0.25, -0.2) is 9.07 Å². The number of amides is 1. The molecule has 122 valence electrons. The molecule has 1 amide bonds. The molecule has 1 aromatic heterocycles. The van der Waals surface area contributed by atoms with Crippen LogP contribution in [0.5, 0.6) is 0 Å². The van der Waals surface area contributed by atoms with Gasteiger partial charge in [-0.3, -0.25) is 4.79 Å². The van der Waals surface area contributed by atoms with Gasteiger partial charge in [-0.1, -0.05) is 32.0 Å². The lowest BCUT2D eigenvalue weighted by Crippen LogP contribution is -2.14. The molecule has 3 rings (SSSR count). The number of aromatic nitrogens is 2. The highest BCUT2D eigenvalue weighted by molar-refractivity contribution is 6.03. The molecule has 2 aromatic carbocycles. The molecule has 1 heterocycles. The van der Waals surface area contributed by atoms with E-state index in [0.717, 1.165) is 11.3 Å². The first-order valence-electron chi connectivity index (χ1n) is 7.76. The summed E-state index contributed by atoms with van der Waals surface area (Å²) in [6.45, 7) is 4.16. The second-order valence-corrected chi connectivity index (χ2v) is 5.82. The van der Waals surface area contributed by atoms with E-state index in [1.54, 1.807) is 29.1 Å². The van der Waals surface area contributed by atoms with E-state index in [9.17, 15) is 9.18 Å². The van der Waals surface area contributed by atoms with Crippen molar-refractivity contribution in [2.24, 2.45) is 0 Å². The Balaban J connectivity index is 1.81. The highest BCUT2D eigenvalue weighted by atomic mass is 19.1. The summed E-state index contributed by atoms with van der Waals surface area (Å²) in [7, 11) is 0. The summed E-state index contributed by atoms with van der Waals surface area (Å²) in [4.78, 5) is 12.4. The molecule has 0 spiro atoms. The second-order valence-electron chi connectivity index (χ2n) is 5.82. The van der Waals surface area contributed by atoms with Crippen LogP contribution in [0.2, 0.25) is 0 Å². The molecule has 0 bridgehead atoms. The maximum Gasteiger partial charge on any atom is 0.276 e. The van der Waals surface area contributed by atoms with Gasteiger partial charge in [0.05, 0.1) is 5.69 Å². The predicted molar refractivity (Wildman–Crippen MR) is 92.0 cm³/mol. The van der Waals surface area contributed by atoms with Gasteiger partial charge >= 0.3 is 0 Å². The molecular formula is C19H18FN3O. The van der Waals surface area contributed by atoms with Crippen LogP contribution in [0.3, 0.4) is 0 Å². The summed E-state index contributed by atoms with van der Waals surface area (Å²) in [5, 5.41) is 7.17. The number of benzene rings is 2. The number of hydrogen-bond donors (Lipinski definition) is 1. The van der Waals surface area contributed by atoms with Crippen molar-refractivity contribution in [3.63, 3.8) is 0 Å². The standard InChI is InChI=1S/C19H18FN3O/c1-13(2)16-5-3-4-6-17(16)21-19(24)18-11-12-23(22-18)15-9-7-14(20)8-10-15/h3-13H,1-2H3,(H,21,24). The third-order valence-corrected chi connectivity index (χ3v) is 3.74. The van der Waals surface area contributed by atoms with Crippen LogP contribution < -0.4 is 5.32 Å². The molecule has 5 heteroatoms. The molecule has 0 saturated carbocycles. The van der Waals surface area contributed by atoms with Gasteiger partial charge in [-0.2, -0.15) is 5.10 Å². The van der Waals surface area contributed by atoms with Crippen molar-refractivity contribution in [1.29, 1.82) is 0 Å². The van der Waals surface area contributed by atoms with Gasteiger partial charge < -0.3 is 5.32 Å². The van der Waals surface area contributed by atoms with Gasteiger partial charge in [0.25, 0.3) is 5.91 Å². The number of carbonyl (C=O) groups is 1. The Morgan fingerprint density at radius 2 is 1.79 bits per heavy atom. The van der Waals surface area contributed by atoms with E-state index in [2.05, 4.69) is 24.3 Å². The number of carbonyl (C=O) groups excluding carboxylic acids is 1. The molecule has 4 nitrogen and oxygen atoms in total. The van der Waals surface area contributed by atoms with Crippen LogP contribution in [0.25, 0.3) is 5.69 Å². The molecule has 0 aliphatic heterocycles. The summed E-state index contributed by atoms with van der Waals surface area (Å²) in [6, 6.07) is 15.3. The average molecular weight is 323 g/mol. The van der Waals surface area contributed by atoms with Gasteiger partial charge in [0, 0.05) is 11.9 Å². The normalized spacial score (nSPS) is 10.8. The van der Waals surface area contributed by atoms with E-state index in [1.807, 2.05) is 24.3 Å². The van der Waals surface area contributed by atoms with E-state index >= 15 is 0 Å². The van der Waals surface area contributed by atoms with Crippen molar-refractivity contribution >= 4 is 11.6 Å². The van der Waals surface area contributed by atoms with Crippen LogP contribution in [0.15, 0.2) is 60.8 Å². The van der Waals surface area contributed by atoms with Crippen LogP contribution in [0, 0.1) is 5.82 Å². The first-order chi connectivity index (χ1) is 11.5. The summed E-state index contributed by atoms with van der Waals surface area (Å²) in [5.41, 5.74) is 2.86. The fourth-order valence-electron chi connectivity index (χ4n) is 2.48. The molecule has 3 aromatic rings. The molecule has 0 aliphatic carbocycles. The van der Waals surface area contributed by atoms with Gasteiger partial charge in [-0.05, 0) is 47.9 Å². The molecule has 0 saturated heterocycles. The topological polar surface area (TPSA) is 46.9 Å². The molecule has 1 N–H and O–H groups in total. The SMILES string of the molecule is CC(C)c1ccccc1NC(=O)c1ccn(-c2ccc(F)cc2)n1. The minimum Gasteiger partial charge on any atom is -0.320 e. The fourth-order valence-corrected chi connectivity index (χ4v) is 2.48. The van der Waals surface area contributed by atoms with E-state index in [4.69, 9.17) is 0 Å². The monoisotopic (exact) mass is 323 g/mol. The van der Waals surface area contributed by atoms with E-state index in [-0.39, 0.29) is 11.7 Å². The number of anilines is 1. The van der Waals surface area contributed by atoms with Gasteiger partial charge in [0.2, 0.25) is 0 Å². The Morgan fingerprint density at radius 1 is 1.08 bits per heavy atom. The lowest BCUT2D eigenvalue weighted by atomic mass is 10.0. The van der Waals surface area contributed by atoms with E-state index < -0.39 is 0 Å². The van der Waals surface area contributed by atoms with Gasteiger partial charge in [-0.15, -0.1) is 0 Å². The van der Waals surface area contributed by atoms with Crippen LogP contribution in [0.4, 0.5) is 10.1 Å². The third-order valence-electron chi connectivity index (χ3n) is 3.74. The quantitative estimate of drug-likeness (QED) is 0.774. The first-order valence-corrected chi connectivity index (χ1v) is 7.76. The molecule has 0 atom stereocenters. The van der Waals surface area contributed by atoms with E-state index in [0.29, 0.717) is 17.3 Å². The zero-order valence-electron chi connectivity index (χ0n) is 13.5. The minimum atomic E-state index is -0.311. The van der Waals surface area contributed by atoms with Crippen molar-refractivity contribution in [2.45, 2.75) is 19.8 Å². The number of para-hydroxylation sites is 1. The van der Waals surface area contributed by atoms with Crippen LogP contribution in [0.1, 0.15) is 35.8 Å². The zero-order valence-corrected chi connectivity index (χ0v) is 13.5. The second kappa shape index (κ2) is 6.66. The molecule has 0 radical (unpaired) electrons. The Kier molecular flexibility index (Phi) is 4.42. The van der Waals surface area contributed by atoms with Gasteiger partial charge in [0.1, 0.15) is 5.82 Å². The Hall–Kier alpha value is -2.95. The Bertz CT molecular complexity index is 853. The molecular weight excluding hydrogens is 305 g/mol. The Morgan fingerprint density at radius 3 is 2.50 bits per heavy atom. The Labute approximate surface area is 139 Å². The molecule has 0 fully saturated rings. The van der Waals surface area contributed by atoms with Crippen molar-refractivity contribution in [1.82, 2.24) is 9.78 Å². The van der Waals surface area contributed by atoms with Crippen LogP contribution in [-0.2, 0) is 0 Å². The minimum absolute atomic E-state index is 0.274. The average Bonchev–Trinajstić information content (AvgIpc) is 3.06. The van der Waals surface area contributed by atoms with Crippen molar-refractivity contribution in [2.75, 3.05) is 5.32 Å². The van der Waals surface area contributed by atoms with Crippen molar-refractivity contribution in [3.05, 3.63) is 77.9 Å². The molecule has 24 heavy (non-hydrogen) atoms. The fraction of sp³-hybridized carbons (Fsp3) is 0.158. The van der Waals surface area contributed by atoms with E-state index in [1.165, 1.54) is 12.1 Å². The summed E-state index contributed by atoms with van der Waals surface area (Å²) in [5.74, 6) is -0.281. The lowest BCUT2D eigenvalue weighted by molar-refractivity contribution is 0.102. The van der Waals surface area contributed by atoms with Crippen molar-refractivity contribution in [3.8, 4) is 5.69 Å². The number of rotatable bonds is 4. The lowest BCUT2D eigenvalue weighted by Gasteiger charge is -2.12. The van der Waals surface area contributed by atoms with Crippen molar-refractivity contribution < 1.29 is 9.18 Å². The number of nitrogens with one attached hydrogen (secondary N) is 1. The maximum absolute atomic E-state index is 13.0. The first kappa shape index (κ1) is 15.9. The summed E-state index contributed by atoms with van der Waals surface area (Å²) >= 11 is 0. The number of hydrogen-bond acceptors (Lipinski definition) is 2. The summed E-state index contributed by atoms with van der Waals surface area (Å²) < 4.78 is 14.5. The summed E-state index contributed by atoms with van der Waals surface area (Å²) in [6.07, 6.45) is 1.68. The highest BCUT2D eigenvalue weighted by Gasteiger charge is 2.13. The zero-order chi connectivity index (χ0) is 17.1. The van der Waals surface area contributed by atoms with Gasteiger partial charge in [0.15, 0.2) is 5.69 Å². The number of halogens is 1. The van der Waals surface area contributed by atoms with Crippen LogP contribution in [-0.4, -0.2) is 15.7 Å². The number of nitrogens with zero attached hydrogens (tertiary/aromatic N) is 2. The smallest absolute Gasteiger partial charge is 0.276 e.